The summed E-state index contributed by atoms with van der Waals surface area (Å²) >= 11 is 5.31. The van der Waals surface area contributed by atoms with E-state index in [-0.39, 0.29) is 23.2 Å². The lowest BCUT2D eigenvalue weighted by Crippen LogP contribution is -2.55. The van der Waals surface area contributed by atoms with Gasteiger partial charge in [0.25, 0.3) is 11.8 Å². The second-order valence-electron chi connectivity index (χ2n) is 7.50. The van der Waals surface area contributed by atoms with Crippen LogP contribution in [0.1, 0.15) is 31.9 Å². The van der Waals surface area contributed by atoms with Crippen molar-refractivity contribution in [2.24, 2.45) is 0 Å². The highest BCUT2D eigenvalue weighted by atomic mass is 32.1. The molecule has 2 aromatic carbocycles. The minimum absolute atomic E-state index is 0.0582. The van der Waals surface area contributed by atoms with Crippen LogP contribution >= 0.6 is 12.2 Å². The minimum atomic E-state index is -0.407. The van der Waals surface area contributed by atoms with Crippen molar-refractivity contribution >= 4 is 46.8 Å². The van der Waals surface area contributed by atoms with Gasteiger partial charge in [-0.2, -0.15) is 0 Å². The van der Waals surface area contributed by atoms with Crippen molar-refractivity contribution in [2.45, 2.75) is 27.4 Å². The van der Waals surface area contributed by atoms with Crippen LogP contribution in [0.5, 0.6) is 11.5 Å². The number of amides is 3. The number of thiocarbonyl (C=S) groups is 1. The van der Waals surface area contributed by atoms with Crippen LogP contribution in [0.25, 0.3) is 6.08 Å². The fourth-order valence-corrected chi connectivity index (χ4v) is 3.97. The van der Waals surface area contributed by atoms with Gasteiger partial charge in [0.15, 0.2) is 5.11 Å². The zero-order valence-corrected chi connectivity index (χ0v) is 20.4. The molecule has 0 spiro atoms. The molecule has 8 nitrogen and oxygen atoms in total. The van der Waals surface area contributed by atoms with Crippen LogP contribution in [0.3, 0.4) is 0 Å². The lowest BCUT2D eigenvalue weighted by Gasteiger charge is -2.35. The van der Waals surface area contributed by atoms with Gasteiger partial charge in [0, 0.05) is 31.3 Å². The van der Waals surface area contributed by atoms with E-state index in [0.717, 1.165) is 5.56 Å². The molecule has 0 saturated carbocycles. The fraction of sp³-hybridized carbons (Fsp3) is 0.280. The molecule has 0 aromatic heterocycles. The fourth-order valence-electron chi connectivity index (χ4n) is 3.55. The zero-order chi connectivity index (χ0) is 24.8. The quantitative estimate of drug-likeness (QED) is 0.352. The number of carbonyl (C=O) groups excluding carboxylic acids is 3. The van der Waals surface area contributed by atoms with Crippen molar-refractivity contribution in [3.63, 3.8) is 0 Å². The number of methoxy groups -OCH3 is 1. The summed E-state index contributed by atoms with van der Waals surface area (Å²) in [5, 5.41) is 2.93. The molecule has 3 rings (SSSR count). The van der Waals surface area contributed by atoms with Crippen LogP contribution in [0.4, 0.5) is 5.69 Å². The number of hydrogen-bond acceptors (Lipinski definition) is 6. The summed E-state index contributed by atoms with van der Waals surface area (Å²) in [6.07, 6.45) is 1.57. The third kappa shape index (κ3) is 5.43. The van der Waals surface area contributed by atoms with Gasteiger partial charge in [0.1, 0.15) is 23.7 Å². The highest BCUT2D eigenvalue weighted by Gasteiger charge is 2.37. The first-order valence-corrected chi connectivity index (χ1v) is 11.3. The Kier molecular flexibility index (Phi) is 8.01. The minimum Gasteiger partial charge on any atom is -0.496 e. The average Bonchev–Trinajstić information content (AvgIpc) is 2.81. The second-order valence-corrected chi connectivity index (χ2v) is 7.87. The topological polar surface area (TPSA) is 88.2 Å². The summed E-state index contributed by atoms with van der Waals surface area (Å²) in [6, 6.07) is 12.4. The maximum Gasteiger partial charge on any atom is 0.265 e. The van der Waals surface area contributed by atoms with Gasteiger partial charge in [0.2, 0.25) is 5.91 Å². The van der Waals surface area contributed by atoms with Crippen LogP contribution in [0.15, 0.2) is 48.0 Å². The summed E-state index contributed by atoms with van der Waals surface area (Å²) in [5.74, 6) is 0.267. The van der Waals surface area contributed by atoms with Crippen molar-refractivity contribution in [3.8, 4) is 11.5 Å². The molecule has 0 bridgehead atoms. The Labute approximate surface area is 204 Å². The van der Waals surface area contributed by atoms with Crippen molar-refractivity contribution in [1.29, 1.82) is 0 Å². The first-order valence-electron chi connectivity index (χ1n) is 10.9. The van der Waals surface area contributed by atoms with E-state index < -0.39 is 11.8 Å². The maximum atomic E-state index is 12.9. The van der Waals surface area contributed by atoms with E-state index in [2.05, 4.69) is 5.32 Å². The predicted octanol–water partition coefficient (Wildman–Crippen LogP) is 3.61. The standard InChI is InChI=1S/C25H27N3O5S/c1-5-27-23(30)21(24(31)28(6-2)25(27)34)14-17-7-12-22(32-4)18(13-17)15-33-20-10-8-19(9-11-20)26-16(3)29/h7-14H,5-6,15H2,1-4H3,(H,26,29). The number of anilines is 1. The van der Waals surface area contributed by atoms with Crippen molar-refractivity contribution in [3.05, 3.63) is 59.2 Å². The second kappa shape index (κ2) is 10.9. The van der Waals surface area contributed by atoms with Crippen LogP contribution in [0.2, 0.25) is 0 Å². The highest BCUT2D eigenvalue weighted by Crippen LogP contribution is 2.26. The summed E-state index contributed by atoms with van der Waals surface area (Å²) in [4.78, 5) is 39.8. The third-order valence-electron chi connectivity index (χ3n) is 5.23. The van der Waals surface area contributed by atoms with Crippen LogP contribution < -0.4 is 14.8 Å². The molecule has 1 aliphatic heterocycles. The van der Waals surface area contributed by atoms with E-state index in [1.54, 1.807) is 49.6 Å². The molecular formula is C25H27N3O5S. The van der Waals surface area contributed by atoms with Gasteiger partial charge in [-0.1, -0.05) is 6.07 Å². The van der Waals surface area contributed by atoms with E-state index in [0.29, 0.717) is 35.8 Å². The lowest BCUT2D eigenvalue weighted by molar-refractivity contribution is -0.133. The largest absolute Gasteiger partial charge is 0.496 e. The number of hydrogen-bond donors (Lipinski definition) is 1. The van der Waals surface area contributed by atoms with E-state index in [1.165, 1.54) is 16.7 Å². The van der Waals surface area contributed by atoms with Gasteiger partial charge in [-0.3, -0.25) is 24.2 Å². The molecule has 34 heavy (non-hydrogen) atoms. The zero-order valence-electron chi connectivity index (χ0n) is 19.6. The number of benzene rings is 2. The van der Waals surface area contributed by atoms with Gasteiger partial charge in [0.05, 0.1) is 7.11 Å². The van der Waals surface area contributed by atoms with E-state index in [1.807, 2.05) is 19.9 Å². The lowest BCUT2D eigenvalue weighted by atomic mass is 10.0. The molecule has 9 heteroatoms. The molecule has 0 aliphatic carbocycles. The van der Waals surface area contributed by atoms with Crippen LogP contribution in [-0.4, -0.2) is 52.8 Å². The molecule has 0 radical (unpaired) electrons. The smallest absolute Gasteiger partial charge is 0.265 e. The molecule has 1 aliphatic rings. The average molecular weight is 482 g/mol. The van der Waals surface area contributed by atoms with Gasteiger partial charge >= 0.3 is 0 Å². The Morgan fingerprint density at radius 2 is 1.65 bits per heavy atom. The van der Waals surface area contributed by atoms with E-state index in [9.17, 15) is 14.4 Å². The molecule has 2 aromatic rings. The Morgan fingerprint density at radius 3 is 2.18 bits per heavy atom. The summed E-state index contributed by atoms with van der Waals surface area (Å²) in [5.41, 5.74) is 2.14. The number of nitrogens with zero attached hydrogens (tertiary/aromatic N) is 2. The highest BCUT2D eigenvalue weighted by molar-refractivity contribution is 7.80. The Bertz CT molecular complexity index is 1120. The van der Waals surface area contributed by atoms with Crippen LogP contribution in [-0.2, 0) is 21.0 Å². The van der Waals surface area contributed by atoms with Crippen molar-refractivity contribution in [2.75, 3.05) is 25.5 Å². The van der Waals surface area contributed by atoms with Gasteiger partial charge in [-0.05, 0) is 74.1 Å². The van der Waals surface area contributed by atoms with Crippen molar-refractivity contribution in [1.82, 2.24) is 9.80 Å². The van der Waals surface area contributed by atoms with Crippen molar-refractivity contribution < 1.29 is 23.9 Å². The third-order valence-corrected chi connectivity index (χ3v) is 5.67. The number of likely N-dealkylation sites (N-methyl/N-ethyl adjacent to an activating group) is 2. The Morgan fingerprint density at radius 1 is 1.03 bits per heavy atom. The predicted molar refractivity (Wildman–Crippen MR) is 133 cm³/mol. The Hall–Kier alpha value is -3.72. The monoisotopic (exact) mass is 481 g/mol. The maximum absolute atomic E-state index is 12.9. The molecule has 1 N–H and O–H groups in total. The first kappa shape index (κ1) is 24.9. The number of nitrogens with one attached hydrogen (secondary N) is 1. The molecule has 0 unspecified atom stereocenters. The SMILES string of the molecule is CCN1C(=O)C(=Cc2ccc(OC)c(COc3ccc(NC(C)=O)cc3)c2)C(=O)N(CC)C1=S. The van der Waals surface area contributed by atoms with Gasteiger partial charge in [-0.25, -0.2) is 0 Å². The van der Waals surface area contributed by atoms with Gasteiger partial charge in [-0.15, -0.1) is 0 Å². The normalized spacial score (nSPS) is 13.8. The number of ether oxygens (including phenoxy) is 2. The number of rotatable bonds is 8. The molecule has 0 atom stereocenters. The van der Waals surface area contributed by atoms with E-state index >= 15 is 0 Å². The summed E-state index contributed by atoms with van der Waals surface area (Å²) in [7, 11) is 1.56. The summed E-state index contributed by atoms with van der Waals surface area (Å²) < 4.78 is 11.3. The Balaban J connectivity index is 1.85. The molecule has 1 heterocycles. The van der Waals surface area contributed by atoms with Gasteiger partial charge < -0.3 is 14.8 Å². The molecule has 1 saturated heterocycles. The molecular weight excluding hydrogens is 454 g/mol. The first-order chi connectivity index (χ1) is 16.3. The molecule has 1 fully saturated rings. The summed E-state index contributed by atoms with van der Waals surface area (Å²) in [6.45, 7) is 6.03. The molecule has 3 amide bonds. The number of carbonyl (C=O) groups is 3. The van der Waals surface area contributed by atoms with Crippen LogP contribution in [0, 0.1) is 0 Å². The van der Waals surface area contributed by atoms with E-state index in [4.69, 9.17) is 21.7 Å². The molecule has 178 valence electrons.